The van der Waals surface area contributed by atoms with Crippen LogP contribution in [0.5, 0.6) is 0 Å². The van der Waals surface area contributed by atoms with Crippen LogP contribution in [-0.4, -0.2) is 60.5 Å². The number of ether oxygens (including phenoxy) is 1. The lowest BCUT2D eigenvalue weighted by Gasteiger charge is -2.35. The van der Waals surface area contributed by atoms with Crippen molar-refractivity contribution in [3.05, 3.63) is 35.9 Å². The van der Waals surface area contributed by atoms with E-state index in [1.807, 2.05) is 0 Å². The lowest BCUT2D eigenvalue weighted by atomic mass is 9.78. The van der Waals surface area contributed by atoms with Gasteiger partial charge in [-0.05, 0) is 30.2 Å². The second kappa shape index (κ2) is 8.80. The van der Waals surface area contributed by atoms with E-state index in [2.05, 4.69) is 45.9 Å². The molecule has 3 N–H and O–H groups in total. The number of nitrogens with one attached hydrogen (secondary N) is 2. The van der Waals surface area contributed by atoms with Crippen LogP contribution in [0.2, 0.25) is 0 Å². The minimum Gasteiger partial charge on any atom is -0.388 e. The first-order valence-electron chi connectivity index (χ1n) is 10.7. The Morgan fingerprint density at radius 2 is 1.96 bits per heavy atom. The number of hydrogen-bond acceptors (Lipinski definition) is 4. The summed E-state index contributed by atoms with van der Waals surface area (Å²) >= 11 is 0. The van der Waals surface area contributed by atoms with E-state index in [0.717, 1.165) is 26.1 Å². The van der Waals surface area contributed by atoms with E-state index in [-0.39, 0.29) is 12.1 Å². The molecule has 154 valence electrons. The van der Waals surface area contributed by atoms with E-state index < -0.39 is 5.60 Å². The van der Waals surface area contributed by atoms with Gasteiger partial charge in [-0.2, -0.15) is 0 Å². The second-order valence-electron chi connectivity index (χ2n) is 8.80. The topological polar surface area (TPSA) is 73.8 Å². The Balaban J connectivity index is 1.28. The van der Waals surface area contributed by atoms with Gasteiger partial charge in [-0.3, -0.25) is 4.90 Å². The number of urea groups is 1. The molecule has 0 spiro atoms. The maximum Gasteiger partial charge on any atom is 0.315 e. The van der Waals surface area contributed by atoms with Gasteiger partial charge >= 0.3 is 6.03 Å². The number of nitrogens with zero attached hydrogens (tertiary/aromatic N) is 1. The van der Waals surface area contributed by atoms with Crippen LogP contribution in [0.25, 0.3) is 0 Å². The van der Waals surface area contributed by atoms with Crippen molar-refractivity contribution in [2.75, 3.05) is 32.8 Å². The molecule has 28 heavy (non-hydrogen) atoms. The summed E-state index contributed by atoms with van der Waals surface area (Å²) in [5.41, 5.74) is 0.526. The minimum atomic E-state index is -0.829. The molecule has 3 fully saturated rings. The quantitative estimate of drug-likeness (QED) is 0.724. The molecule has 2 aliphatic heterocycles. The molecule has 1 saturated carbocycles. The Labute approximate surface area is 167 Å². The van der Waals surface area contributed by atoms with E-state index in [9.17, 15) is 9.90 Å². The summed E-state index contributed by atoms with van der Waals surface area (Å²) in [7, 11) is 0. The molecule has 0 aromatic heterocycles. The number of carbonyl (C=O) groups excluding carboxylic acids is 1. The Kier molecular flexibility index (Phi) is 6.19. The molecule has 4 rings (SSSR count). The van der Waals surface area contributed by atoms with Crippen molar-refractivity contribution in [1.29, 1.82) is 0 Å². The van der Waals surface area contributed by atoms with E-state index in [1.165, 1.54) is 18.4 Å². The number of fused-ring (bicyclic) bond motifs is 1. The van der Waals surface area contributed by atoms with Crippen LogP contribution in [0.3, 0.4) is 0 Å². The summed E-state index contributed by atoms with van der Waals surface area (Å²) in [6.45, 7) is 4.57. The molecule has 2 heterocycles. The number of rotatable bonds is 5. The van der Waals surface area contributed by atoms with E-state index in [1.54, 1.807) is 0 Å². The third-order valence-electron chi connectivity index (χ3n) is 6.74. The number of carbonyl (C=O) groups is 1. The smallest absolute Gasteiger partial charge is 0.315 e. The summed E-state index contributed by atoms with van der Waals surface area (Å²) in [6.07, 6.45) is 4.64. The van der Waals surface area contributed by atoms with Crippen molar-refractivity contribution in [3.8, 4) is 0 Å². The van der Waals surface area contributed by atoms with Crippen LogP contribution in [0.1, 0.15) is 37.7 Å². The van der Waals surface area contributed by atoms with Crippen molar-refractivity contribution in [1.82, 2.24) is 15.5 Å². The molecule has 0 bridgehead atoms. The van der Waals surface area contributed by atoms with Crippen molar-refractivity contribution in [2.45, 2.75) is 50.3 Å². The van der Waals surface area contributed by atoms with Gasteiger partial charge in [-0.1, -0.05) is 36.8 Å². The highest BCUT2D eigenvalue weighted by atomic mass is 16.5. The number of benzene rings is 1. The molecule has 1 aliphatic carbocycles. The lowest BCUT2D eigenvalue weighted by molar-refractivity contribution is -0.0601. The van der Waals surface area contributed by atoms with E-state index in [4.69, 9.17) is 4.74 Å². The number of hydrogen-bond donors (Lipinski definition) is 3. The molecule has 6 heteroatoms. The zero-order valence-corrected chi connectivity index (χ0v) is 16.6. The van der Waals surface area contributed by atoms with Gasteiger partial charge in [0, 0.05) is 58.3 Å². The second-order valence-corrected chi connectivity index (χ2v) is 8.80. The number of likely N-dealkylation sites (tertiary alicyclic amines) is 1. The molecule has 2 amide bonds. The Morgan fingerprint density at radius 1 is 1.18 bits per heavy atom. The standard InChI is InChI=1S/C22H33N3O3/c26-21(23-16-22(27)9-11-28-12-10-22)24-20-8-4-7-18-14-25(15-19(18)20)13-17-5-2-1-3-6-17/h1-3,5-6,18-20,27H,4,7-16H2,(H2,23,24,26). The van der Waals surface area contributed by atoms with Crippen LogP contribution in [0.4, 0.5) is 4.79 Å². The van der Waals surface area contributed by atoms with Crippen LogP contribution >= 0.6 is 0 Å². The summed E-state index contributed by atoms with van der Waals surface area (Å²) in [4.78, 5) is 15.0. The predicted molar refractivity (Wildman–Crippen MR) is 108 cm³/mol. The highest BCUT2D eigenvalue weighted by Gasteiger charge is 2.40. The van der Waals surface area contributed by atoms with E-state index >= 15 is 0 Å². The largest absolute Gasteiger partial charge is 0.388 e. The fourth-order valence-corrected chi connectivity index (χ4v) is 5.11. The van der Waals surface area contributed by atoms with Crippen molar-refractivity contribution < 1.29 is 14.6 Å². The molecule has 2 saturated heterocycles. The first-order valence-corrected chi connectivity index (χ1v) is 10.7. The molecular formula is C22H33N3O3. The van der Waals surface area contributed by atoms with Gasteiger partial charge < -0.3 is 20.5 Å². The number of amides is 2. The minimum absolute atomic E-state index is 0.146. The first-order chi connectivity index (χ1) is 13.6. The van der Waals surface area contributed by atoms with Gasteiger partial charge in [0.05, 0.1) is 5.60 Å². The highest BCUT2D eigenvalue weighted by molar-refractivity contribution is 5.74. The Morgan fingerprint density at radius 3 is 2.75 bits per heavy atom. The van der Waals surface area contributed by atoms with Crippen molar-refractivity contribution in [3.63, 3.8) is 0 Å². The average molecular weight is 388 g/mol. The SMILES string of the molecule is O=C(NCC1(O)CCOCC1)NC1CCCC2CN(Cc3ccccc3)CC21. The third kappa shape index (κ3) is 4.85. The predicted octanol–water partition coefficient (Wildman–Crippen LogP) is 2.13. The zero-order valence-electron chi connectivity index (χ0n) is 16.6. The molecule has 6 nitrogen and oxygen atoms in total. The maximum absolute atomic E-state index is 12.5. The highest BCUT2D eigenvalue weighted by Crippen LogP contribution is 2.37. The Hall–Kier alpha value is -1.63. The van der Waals surface area contributed by atoms with Crippen LogP contribution in [0.15, 0.2) is 30.3 Å². The van der Waals surface area contributed by atoms with Gasteiger partial charge in [0.1, 0.15) is 0 Å². The summed E-state index contributed by atoms with van der Waals surface area (Å²) in [5.74, 6) is 1.19. The molecule has 1 aromatic rings. The third-order valence-corrected chi connectivity index (χ3v) is 6.74. The van der Waals surface area contributed by atoms with Crippen LogP contribution < -0.4 is 10.6 Å². The van der Waals surface area contributed by atoms with Gasteiger partial charge in [0.15, 0.2) is 0 Å². The fourth-order valence-electron chi connectivity index (χ4n) is 5.11. The lowest BCUT2D eigenvalue weighted by Crippen LogP contribution is -2.53. The normalized spacial score (nSPS) is 29.8. The molecule has 3 aliphatic rings. The van der Waals surface area contributed by atoms with Crippen LogP contribution in [0, 0.1) is 11.8 Å². The van der Waals surface area contributed by atoms with E-state index in [0.29, 0.717) is 44.4 Å². The monoisotopic (exact) mass is 387 g/mol. The van der Waals surface area contributed by atoms with Gasteiger partial charge in [0.25, 0.3) is 0 Å². The van der Waals surface area contributed by atoms with Crippen LogP contribution in [-0.2, 0) is 11.3 Å². The van der Waals surface area contributed by atoms with Gasteiger partial charge in [-0.15, -0.1) is 0 Å². The molecule has 3 atom stereocenters. The van der Waals surface area contributed by atoms with Gasteiger partial charge in [0.2, 0.25) is 0 Å². The molecule has 1 aromatic carbocycles. The summed E-state index contributed by atoms with van der Waals surface area (Å²) in [5, 5.41) is 16.6. The average Bonchev–Trinajstić information content (AvgIpc) is 3.11. The zero-order chi connectivity index (χ0) is 19.4. The molecular weight excluding hydrogens is 354 g/mol. The maximum atomic E-state index is 12.5. The molecule has 3 unspecified atom stereocenters. The van der Waals surface area contributed by atoms with Gasteiger partial charge in [-0.25, -0.2) is 4.79 Å². The summed E-state index contributed by atoms with van der Waals surface area (Å²) < 4.78 is 5.30. The van der Waals surface area contributed by atoms with Crippen molar-refractivity contribution in [2.24, 2.45) is 11.8 Å². The first kappa shape index (κ1) is 19.7. The van der Waals surface area contributed by atoms with Crippen molar-refractivity contribution >= 4 is 6.03 Å². The fraction of sp³-hybridized carbons (Fsp3) is 0.682. The summed E-state index contributed by atoms with van der Waals surface area (Å²) in [6, 6.07) is 10.7. The number of aliphatic hydroxyl groups is 1. The Bertz CT molecular complexity index is 648. The molecule has 0 radical (unpaired) electrons.